The molecule has 0 unspecified atom stereocenters. The highest BCUT2D eigenvalue weighted by atomic mass is 35.5. The summed E-state index contributed by atoms with van der Waals surface area (Å²) < 4.78 is 23.1. The highest BCUT2D eigenvalue weighted by Gasteiger charge is 2.13. The molecule has 0 fully saturated rings. The Morgan fingerprint density at radius 2 is 2.00 bits per heavy atom. The molecule has 10 heteroatoms. The van der Waals surface area contributed by atoms with E-state index in [0.717, 1.165) is 0 Å². The van der Waals surface area contributed by atoms with E-state index in [9.17, 15) is 14.0 Å². The van der Waals surface area contributed by atoms with Crippen LogP contribution in [0, 0.1) is 5.82 Å². The summed E-state index contributed by atoms with van der Waals surface area (Å²) in [4.78, 5) is 22.4. The van der Waals surface area contributed by atoms with Crippen LogP contribution in [0.25, 0.3) is 0 Å². The molecule has 0 radical (unpaired) electrons. The third-order valence-electron chi connectivity index (χ3n) is 3.29. The quantitative estimate of drug-likeness (QED) is 0.433. The molecule has 2 aromatic carbocycles. The number of anilines is 1. The number of carboxylic acids is 1. The van der Waals surface area contributed by atoms with Crippen LogP contribution in [0.5, 0.6) is 11.5 Å². The van der Waals surface area contributed by atoms with Crippen LogP contribution in [0.1, 0.15) is 5.56 Å². The number of rotatable bonds is 9. The Hall–Kier alpha value is -3.33. The SMILES string of the molecule is COc1cc(/C=N\NC(=O)CNc2ccc(F)cc2)cc(Cl)c1OCC(=O)O. The first-order valence-corrected chi connectivity index (χ1v) is 8.30. The van der Waals surface area contributed by atoms with Gasteiger partial charge in [-0.15, -0.1) is 0 Å². The van der Waals surface area contributed by atoms with E-state index < -0.39 is 18.5 Å². The summed E-state index contributed by atoms with van der Waals surface area (Å²) >= 11 is 6.08. The molecule has 3 N–H and O–H groups in total. The van der Waals surface area contributed by atoms with Gasteiger partial charge in [-0.1, -0.05) is 11.6 Å². The zero-order valence-corrected chi connectivity index (χ0v) is 15.5. The fourth-order valence-electron chi connectivity index (χ4n) is 2.06. The second-order valence-corrected chi connectivity index (χ2v) is 5.78. The van der Waals surface area contributed by atoms with Gasteiger partial charge in [0, 0.05) is 5.69 Å². The van der Waals surface area contributed by atoms with Gasteiger partial charge in [0.15, 0.2) is 18.1 Å². The number of methoxy groups -OCH3 is 1. The molecule has 2 rings (SSSR count). The number of carbonyl (C=O) groups is 2. The maximum absolute atomic E-state index is 12.8. The topological polar surface area (TPSA) is 109 Å². The molecular formula is C18H17ClFN3O5. The summed E-state index contributed by atoms with van der Waals surface area (Å²) in [6.07, 6.45) is 1.34. The number of benzene rings is 2. The Morgan fingerprint density at radius 1 is 1.29 bits per heavy atom. The van der Waals surface area contributed by atoms with E-state index >= 15 is 0 Å². The molecule has 0 spiro atoms. The number of hydrogen-bond acceptors (Lipinski definition) is 6. The molecule has 0 heterocycles. The minimum atomic E-state index is -1.15. The van der Waals surface area contributed by atoms with Crippen molar-refractivity contribution >= 4 is 35.4 Å². The predicted octanol–water partition coefficient (Wildman–Crippen LogP) is 2.51. The van der Waals surface area contributed by atoms with Crippen molar-refractivity contribution in [2.45, 2.75) is 0 Å². The van der Waals surface area contributed by atoms with Gasteiger partial charge in [0.2, 0.25) is 0 Å². The number of halogens is 2. The van der Waals surface area contributed by atoms with Gasteiger partial charge in [-0.05, 0) is 42.0 Å². The fourth-order valence-corrected chi connectivity index (χ4v) is 2.33. The number of nitrogens with zero attached hydrogens (tertiary/aromatic N) is 1. The van der Waals surface area contributed by atoms with Crippen LogP contribution in [0.15, 0.2) is 41.5 Å². The highest BCUT2D eigenvalue weighted by Crippen LogP contribution is 2.36. The van der Waals surface area contributed by atoms with E-state index in [4.69, 9.17) is 26.2 Å². The number of hydrogen-bond donors (Lipinski definition) is 3. The van der Waals surface area contributed by atoms with Gasteiger partial charge in [0.25, 0.3) is 5.91 Å². The van der Waals surface area contributed by atoms with Crippen LogP contribution in [0.4, 0.5) is 10.1 Å². The predicted molar refractivity (Wildman–Crippen MR) is 102 cm³/mol. The van der Waals surface area contributed by atoms with E-state index in [1.807, 2.05) is 0 Å². The van der Waals surface area contributed by atoms with Crippen LogP contribution in [-0.4, -0.2) is 43.5 Å². The van der Waals surface area contributed by atoms with E-state index in [1.54, 1.807) is 0 Å². The number of ether oxygens (including phenoxy) is 2. The summed E-state index contributed by atoms with van der Waals surface area (Å²) in [6.45, 7) is -0.629. The summed E-state index contributed by atoms with van der Waals surface area (Å²) in [5.41, 5.74) is 3.41. The lowest BCUT2D eigenvalue weighted by atomic mass is 10.2. The van der Waals surface area contributed by atoms with Crippen molar-refractivity contribution in [2.75, 3.05) is 25.6 Å². The Morgan fingerprint density at radius 3 is 2.64 bits per heavy atom. The van der Waals surface area contributed by atoms with Crippen molar-refractivity contribution in [2.24, 2.45) is 5.10 Å². The Labute approximate surface area is 164 Å². The van der Waals surface area contributed by atoms with Gasteiger partial charge in [-0.25, -0.2) is 14.6 Å². The number of hydrazone groups is 1. The van der Waals surface area contributed by atoms with Crippen LogP contribution >= 0.6 is 11.6 Å². The van der Waals surface area contributed by atoms with Crippen molar-refractivity contribution in [1.82, 2.24) is 5.43 Å². The second kappa shape index (κ2) is 10.1. The number of aliphatic carboxylic acids is 1. The molecule has 148 valence electrons. The zero-order valence-electron chi connectivity index (χ0n) is 14.7. The minimum Gasteiger partial charge on any atom is -0.493 e. The van der Waals surface area contributed by atoms with Crippen LogP contribution in [0.2, 0.25) is 5.02 Å². The summed E-state index contributed by atoms with van der Waals surface area (Å²) in [5, 5.41) is 15.5. The summed E-state index contributed by atoms with van der Waals surface area (Å²) in [5.74, 6) is -1.62. The van der Waals surface area contributed by atoms with Crippen LogP contribution in [0.3, 0.4) is 0 Å². The number of nitrogens with one attached hydrogen (secondary N) is 2. The molecule has 0 atom stereocenters. The third kappa shape index (κ3) is 6.44. The number of carbonyl (C=O) groups excluding carboxylic acids is 1. The molecule has 2 aromatic rings. The number of carboxylic acid groups (broad SMARTS) is 1. The summed E-state index contributed by atoms with van der Waals surface area (Å²) in [7, 11) is 1.38. The maximum Gasteiger partial charge on any atom is 0.341 e. The fraction of sp³-hybridized carbons (Fsp3) is 0.167. The molecule has 0 aromatic heterocycles. The molecule has 0 saturated carbocycles. The molecule has 0 aliphatic carbocycles. The molecule has 0 aliphatic heterocycles. The first-order valence-electron chi connectivity index (χ1n) is 7.92. The first kappa shape index (κ1) is 21.0. The minimum absolute atomic E-state index is 0.0605. The van der Waals surface area contributed by atoms with Crippen molar-refractivity contribution in [3.8, 4) is 11.5 Å². The smallest absolute Gasteiger partial charge is 0.341 e. The van der Waals surface area contributed by atoms with E-state index in [2.05, 4.69) is 15.8 Å². The van der Waals surface area contributed by atoms with Gasteiger partial charge in [-0.2, -0.15) is 5.10 Å². The third-order valence-corrected chi connectivity index (χ3v) is 3.57. The largest absolute Gasteiger partial charge is 0.493 e. The molecule has 0 bridgehead atoms. The van der Waals surface area contributed by atoms with Gasteiger partial charge >= 0.3 is 5.97 Å². The molecule has 0 saturated heterocycles. The normalized spacial score (nSPS) is 10.5. The zero-order chi connectivity index (χ0) is 20.5. The standard InChI is InChI=1S/C18H17ClFN3O5/c1-27-15-7-11(6-14(19)18(15)28-10-17(25)26)8-22-23-16(24)9-21-13-4-2-12(20)3-5-13/h2-8,21H,9-10H2,1H3,(H,23,24)(H,25,26)/b22-8-. The lowest BCUT2D eigenvalue weighted by molar-refractivity contribution is -0.139. The number of amides is 1. The monoisotopic (exact) mass is 409 g/mol. The average Bonchev–Trinajstić information content (AvgIpc) is 2.66. The lowest BCUT2D eigenvalue weighted by Crippen LogP contribution is -2.25. The highest BCUT2D eigenvalue weighted by molar-refractivity contribution is 6.32. The van der Waals surface area contributed by atoms with Crippen molar-refractivity contribution in [3.05, 3.63) is 52.8 Å². The van der Waals surface area contributed by atoms with Gasteiger partial charge in [0.1, 0.15) is 5.82 Å². The van der Waals surface area contributed by atoms with Gasteiger partial charge in [-0.3, -0.25) is 4.79 Å². The van der Waals surface area contributed by atoms with Gasteiger partial charge < -0.3 is 19.9 Å². The van der Waals surface area contributed by atoms with Gasteiger partial charge in [0.05, 0.1) is 24.9 Å². The summed E-state index contributed by atoms with van der Waals surface area (Å²) in [6, 6.07) is 8.57. The maximum atomic E-state index is 12.8. The average molecular weight is 410 g/mol. The Balaban J connectivity index is 1.93. The lowest BCUT2D eigenvalue weighted by Gasteiger charge is -2.11. The first-order chi connectivity index (χ1) is 13.4. The molecule has 1 amide bonds. The van der Waals surface area contributed by atoms with Crippen molar-refractivity contribution < 1.29 is 28.6 Å². The Kier molecular flexibility index (Phi) is 7.58. The van der Waals surface area contributed by atoms with Crippen LogP contribution < -0.4 is 20.2 Å². The van der Waals surface area contributed by atoms with E-state index in [-0.39, 0.29) is 28.9 Å². The molecule has 28 heavy (non-hydrogen) atoms. The molecular weight excluding hydrogens is 393 g/mol. The van der Waals surface area contributed by atoms with Crippen molar-refractivity contribution in [3.63, 3.8) is 0 Å². The molecule has 8 nitrogen and oxygen atoms in total. The Bertz CT molecular complexity index is 874. The van der Waals surface area contributed by atoms with Crippen LogP contribution in [-0.2, 0) is 9.59 Å². The van der Waals surface area contributed by atoms with E-state index in [1.165, 1.54) is 49.7 Å². The van der Waals surface area contributed by atoms with Crippen molar-refractivity contribution in [1.29, 1.82) is 0 Å². The molecule has 0 aliphatic rings. The second-order valence-electron chi connectivity index (χ2n) is 5.37. The van der Waals surface area contributed by atoms with E-state index in [0.29, 0.717) is 11.3 Å².